The Morgan fingerprint density at radius 2 is 1.28 bits per heavy atom. The number of imide groups is 1. The van der Waals surface area contributed by atoms with E-state index in [9.17, 15) is 62.6 Å². The lowest BCUT2D eigenvalue weighted by atomic mass is 9.81. The molecule has 1 aliphatic rings. The van der Waals surface area contributed by atoms with E-state index in [4.69, 9.17) is 23.7 Å². The zero-order valence-corrected chi connectivity index (χ0v) is 62.4. The monoisotopic (exact) mass is 1440 g/mol. The van der Waals surface area contributed by atoms with Crippen LogP contribution in [0.5, 0.6) is 5.75 Å². The van der Waals surface area contributed by atoms with Gasteiger partial charge in [-0.25, -0.2) is 4.98 Å². The summed E-state index contributed by atoms with van der Waals surface area (Å²) >= 11 is 1.17. The Bertz CT molecular complexity index is 3010. The maximum Gasteiger partial charge on any atom is 0.303 e. The van der Waals surface area contributed by atoms with Crippen LogP contribution in [0.4, 0.5) is 5.69 Å². The van der Waals surface area contributed by atoms with E-state index < -0.39 is 71.2 Å². The molecule has 566 valence electrons. The second kappa shape index (κ2) is 47.6. The van der Waals surface area contributed by atoms with Gasteiger partial charge in [-0.1, -0.05) is 53.5 Å². The van der Waals surface area contributed by atoms with E-state index in [1.165, 1.54) is 31.3 Å². The zero-order valence-electron chi connectivity index (χ0n) is 61.6. The highest BCUT2D eigenvalue weighted by molar-refractivity contribution is 7.09. The van der Waals surface area contributed by atoms with Gasteiger partial charge in [0.25, 0.3) is 17.7 Å². The van der Waals surface area contributed by atoms with Crippen molar-refractivity contribution in [3.63, 3.8) is 0 Å². The number of amides is 9. The molecule has 2 aromatic rings. The highest BCUT2D eigenvalue weighted by Crippen LogP contribution is 2.34. The quantitative estimate of drug-likeness (QED) is 0.0171. The summed E-state index contributed by atoms with van der Waals surface area (Å²) in [5, 5.41) is 29.7. The lowest BCUT2D eigenvalue weighted by molar-refractivity contribution is -0.150. The molecular formula is C72H114N10O18S. The first kappa shape index (κ1) is 87.6. The van der Waals surface area contributed by atoms with Crippen molar-refractivity contribution in [2.75, 3.05) is 105 Å². The van der Waals surface area contributed by atoms with Crippen LogP contribution in [0.3, 0.4) is 0 Å². The van der Waals surface area contributed by atoms with Crippen LogP contribution in [0, 0.1) is 17.8 Å². The minimum atomic E-state index is -0.890. The summed E-state index contributed by atoms with van der Waals surface area (Å²) < 4.78 is 27.6. The van der Waals surface area contributed by atoms with E-state index in [2.05, 4.69) is 36.9 Å². The van der Waals surface area contributed by atoms with Gasteiger partial charge in [0.2, 0.25) is 35.4 Å². The molecule has 2 heterocycles. The summed E-state index contributed by atoms with van der Waals surface area (Å²) in [4.78, 5) is 163. The predicted molar refractivity (Wildman–Crippen MR) is 381 cm³/mol. The Morgan fingerprint density at radius 1 is 0.683 bits per heavy atom. The standard InChI is InChI=1S/C72H114N10O18S/c1-13-20-53(76-69(94)57-47-101-70(79-57)61(100-51(7)84)46-58(48(3)4)81(12)71(95)54(49(5)14-2)45-62(87)72(8,9)80(10)11)43-52-25-26-60(86)56(44-52)78-65(90)23-16-15-22-59(85)55(77-66(91)24-19-34-82-67(92)27-28-68(82)93)21-17-18-31-74-63(88)29-35-96-40-42-99-38-33-75-64(89)30-36-97-39-41-98-37-32-73-50(6)83/h25-28,44,47-49,53-55,58,61,86H,13-24,29-43,45-46H2,1-12H3,(H,73,83)(H,74,88)(H,75,89)(H,76,94)(H,77,91)(H,78,90)/t49-,53+,54-,55-,58+,61+/m0/s1. The molecule has 28 nitrogen and oxygen atoms in total. The average Bonchev–Trinajstić information content (AvgIpc) is 1.81. The van der Waals surface area contributed by atoms with Crippen molar-refractivity contribution in [3.8, 4) is 5.75 Å². The van der Waals surface area contributed by atoms with E-state index in [1.807, 2.05) is 67.5 Å². The fraction of sp³-hybridized carbons (Fsp3) is 0.681. The second-order valence-corrected chi connectivity index (χ2v) is 27.4. The number of benzene rings is 1. The molecular weight excluding hydrogens is 1320 g/mol. The highest BCUT2D eigenvalue weighted by atomic mass is 32.1. The van der Waals surface area contributed by atoms with E-state index in [0.29, 0.717) is 101 Å². The van der Waals surface area contributed by atoms with E-state index in [1.54, 1.807) is 29.5 Å². The van der Waals surface area contributed by atoms with Gasteiger partial charge in [-0.15, -0.1) is 11.3 Å². The van der Waals surface area contributed by atoms with Crippen LogP contribution in [-0.4, -0.2) is 219 Å². The molecule has 1 aromatic heterocycles. The number of anilines is 1. The van der Waals surface area contributed by atoms with Crippen molar-refractivity contribution in [3.05, 3.63) is 52.0 Å². The number of ketones is 2. The third kappa shape index (κ3) is 33.9. The normalized spacial score (nSPS) is 14.0. The molecule has 0 saturated carbocycles. The Balaban J connectivity index is 1.51. The molecule has 0 aliphatic carbocycles. The Hall–Kier alpha value is -7.57. The summed E-state index contributed by atoms with van der Waals surface area (Å²) in [6.07, 6.45) is 6.30. The van der Waals surface area contributed by atoms with Crippen molar-refractivity contribution in [2.24, 2.45) is 17.8 Å². The number of phenols is 1. The fourth-order valence-corrected chi connectivity index (χ4v) is 11.8. The SMILES string of the molecule is CCC[C@H](Cc1ccc(O)c(NC(=O)CCCCC(=O)[C@H](CCCCNC(=O)CCOCCOCCNC(=O)CCOCCOCCNC(C)=O)NC(=O)CCCN2C(=O)C=CC2=O)c1)NC(=O)c1csc([C@@H](C[C@H](C(C)C)N(C)C(=O)[C@@H](CC(=O)C(C)(C)N(C)C)[C@@H](C)CC)OC(C)=O)n1. The number of nitrogens with zero attached hydrogens (tertiary/aromatic N) is 4. The largest absolute Gasteiger partial charge is 0.506 e. The van der Waals surface area contributed by atoms with Crippen LogP contribution in [-0.2, 0) is 82.8 Å². The minimum Gasteiger partial charge on any atom is -0.506 e. The number of hydrogen-bond donors (Lipinski definition) is 7. The van der Waals surface area contributed by atoms with Gasteiger partial charge in [0, 0.05) is 128 Å². The van der Waals surface area contributed by atoms with E-state index >= 15 is 0 Å². The van der Waals surface area contributed by atoms with Gasteiger partial charge in [-0.05, 0) is 109 Å². The third-order valence-corrected chi connectivity index (χ3v) is 18.6. The molecule has 1 aliphatic heterocycles. The number of likely N-dealkylation sites (N-methyl/N-ethyl adjacent to an activating group) is 1. The number of aromatic hydroxyl groups is 1. The van der Waals surface area contributed by atoms with E-state index in [0.717, 1.165) is 17.1 Å². The van der Waals surface area contributed by atoms with Crippen LogP contribution in [0.2, 0.25) is 0 Å². The summed E-state index contributed by atoms with van der Waals surface area (Å²) in [5.41, 5.74) is 0.203. The van der Waals surface area contributed by atoms with Gasteiger partial charge in [-0.3, -0.25) is 67.3 Å². The van der Waals surface area contributed by atoms with Crippen LogP contribution in [0.1, 0.15) is 192 Å². The third-order valence-electron chi connectivity index (χ3n) is 17.7. The Kier molecular flexibility index (Phi) is 41.3. The van der Waals surface area contributed by atoms with Crippen molar-refractivity contribution >= 4 is 87.7 Å². The minimum absolute atomic E-state index is 0.00377. The van der Waals surface area contributed by atoms with Crippen LogP contribution >= 0.6 is 11.3 Å². The van der Waals surface area contributed by atoms with Crippen molar-refractivity contribution < 1.29 is 86.3 Å². The number of carbonyl (C=O) groups excluding carboxylic acids is 12. The molecule has 29 heteroatoms. The van der Waals surface area contributed by atoms with Gasteiger partial charge in [0.15, 0.2) is 17.7 Å². The van der Waals surface area contributed by atoms with Crippen molar-refractivity contribution in [2.45, 2.75) is 201 Å². The van der Waals surface area contributed by atoms with Gasteiger partial charge >= 0.3 is 5.97 Å². The van der Waals surface area contributed by atoms with Crippen molar-refractivity contribution in [1.82, 2.24) is 46.3 Å². The van der Waals surface area contributed by atoms with E-state index in [-0.39, 0.29) is 162 Å². The summed E-state index contributed by atoms with van der Waals surface area (Å²) in [6, 6.07) is 3.09. The van der Waals surface area contributed by atoms with Gasteiger partial charge < -0.3 is 65.6 Å². The smallest absolute Gasteiger partial charge is 0.303 e. The summed E-state index contributed by atoms with van der Waals surface area (Å²) in [7, 11) is 5.40. The molecule has 9 amide bonds. The molecule has 6 atom stereocenters. The predicted octanol–water partition coefficient (Wildman–Crippen LogP) is 6.07. The molecule has 1 aromatic carbocycles. The number of thiazole rings is 1. The number of ether oxygens (including phenoxy) is 5. The fourth-order valence-electron chi connectivity index (χ4n) is 10.9. The molecule has 7 N–H and O–H groups in total. The first-order chi connectivity index (χ1) is 48.0. The van der Waals surface area contributed by atoms with Gasteiger partial charge in [0.05, 0.1) is 70.1 Å². The number of phenolic OH excluding ortho intramolecular Hbond substituents is 1. The topological polar surface area (TPSA) is 366 Å². The lowest BCUT2D eigenvalue weighted by Crippen LogP contribution is -2.50. The number of hydrogen-bond acceptors (Lipinski definition) is 21. The summed E-state index contributed by atoms with van der Waals surface area (Å²) in [5.74, 6) is -4.73. The molecule has 0 spiro atoms. The maximum atomic E-state index is 14.4. The Labute approximate surface area is 600 Å². The molecule has 0 radical (unpaired) electrons. The highest BCUT2D eigenvalue weighted by Gasteiger charge is 2.39. The molecule has 0 bridgehead atoms. The number of nitrogens with one attached hydrogen (secondary N) is 6. The number of unbranched alkanes of at least 4 members (excludes halogenated alkanes) is 2. The van der Waals surface area contributed by atoms with Crippen LogP contribution in [0.25, 0.3) is 0 Å². The number of aromatic nitrogens is 1. The average molecular weight is 1440 g/mol. The first-order valence-corrected chi connectivity index (χ1v) is 36.3. The maximum absolute atomic E-state index is 14.4. The van der Waals surface area contributed by atoms with Crippen LogP contribution < -0.4 is 31.9 Å². The number of esters is 1. The number of rotatable bonds is 54. The molecule has 101 heavy (non-hydrogen) atoms. The Morgan fingerprint density at radius 3 is 1.86 bits per heavy atom. The molecule has 0 saturated heterocycles. The number of Topliss-reactive ketones (excluding diaryl/α,β-unsaturated/α-hetero) is 2. The van der Waals surface area contributed by atoms with Gasteiger partial charge in [0.1, 0.15) is 16.5 Å². The second-order valence-electron chi connectivity index (χ2n) is 26.5. The molecule has 0 fully saturated rings. The molecule has 3 rings (SSSR count). The van der Waals surface area contributed by atoms with Crippen LogP contribution in [0.15, 0.2) is 35.7 Å². The first-order valence-electron chi connectivity index (χ1n) is 35.5. The number of carbonyl (C=O) groups is 12. The van der Waals surface area contributed by atoms with Gasteiger partial charge in [-0.2, -0.15) is 0 Å². The lowest BCUT2D eigenvalue weighted by Gasteiger charge is -2.38. The zero-order chi connectivity index (χ0) is 75.0. The van der Waals surface area contributed by atoms with Crippen molar-refractivity contribution in [1.29, 1.82) is 0 Å². The molecule has 0 unspecified atom stereocenters. The summed E-state index contributed by atoms with van der Waals surface area (Å²) in [6.45, 7) is 19.6.